The van der Waals surface area contributed by atoms with E-state index >= 15 is 0 Å². The zero-order chi connectivity index (χ0) is 16.5. The van der Waals surface area contributed by atoms with Crippen LogP contribution in [0.25, 0.3) is 4.85 Å². The highest BCUT2D eigenvalue weighted by atomic mass is 15.2. The first-order chi connectivity index (χ1) is 11.8. The van der Waals surface area contributed by atoms with Gasteiger partial charge < -0.3 is 4.90 Å². The molecule has 1 heterocycles. The fourth-order valence-corrected chi connectivity index (χ4v) is 3.23. The van der Waals surface area contributed by atoms with Crippen molar-refractivity contribution >= 4 is 22.7 Å². The van der Waals surface area contributed by atoms with Gasteiger partial charge in [0.2, 0.25) is 0 Å². The SMILES string of the molecule is [C-]#[N+]c1ccc(N2c3ccccc3Cc3ccccc32)c(C#N)c1. The van der Waals surface area contributed by atoms with E-state index < -0.39 is 0 Å². The standard InChI is InChI=1S/C21H13N3/c1-23-18-10-11-21(17(13-18)14-22)24-19-8-4-2-6-15(19)12-16-7-3-5-9-20(16)24/h2-11,13H,12H2. The largest absolute Gasteiger partial charge is 0.309 e. The maximum absolute atomic E-state index is 9.59. The van der Waals surface area contributed by atoms with Gasteiger partial charge in [-0.05, 0) is 35.4 Å². The molecule has 0 bridgehead atoms. The number of benzene rings is 3. The van der Waals surface area contributed by atoms with Crippen LogP contribution in [-0.4, -0.2) is 0 Å². The molecule has 0 spiro atoms. The van der Waals surface area contributed by atoms with Crippen molar-refractivity contribution in [3.05, 3.63) is 94.8 Å². The molecule has 112 valence electrons. The van der Waals surface area contributed by atoms with E-state index in [4.69, 9.17) is 6.57 Å². The van der Waals surface area contributed by atoms with Crippen LogP contribution < -0.4 is 4.90 Å². The summed E-state index contributed by atoms with van der Waals surface area (Å²) in [7, 11) is 0. The molecule has 0 saturated heterocycles. The summed E-state index contributed by atoms with van der Waals surface area (Å²) < 4.78 is 0. The molecule has 1 aliphatic rings. The van der Waals surface area contributed by atoms with Gasteiger partial charge in [-0.25, -0.2) is 4.85 Å². The third kappa shape index (κ3) is 2.12. The lowest BCUT2D eigenvalue weighted by Crippen LogP contribution is -2.19. The van der Waals surface area contributed by atoms with E-state index in [1.165, 1.54) is 11.1 Å². The molecule has 3 heteroatoms. The highest BCUT2D eigenvalue weighted by Gasteiger charge is 2.25. The first-order valence-corrected chi connectivity index (χ1v) is 7.69. The Morgan fingerprint density at radius 1 is 0.875 bits per heavy atom. The summed E-state index contributed by atoms with van der Waals surface area (Å²) in [6.45, 7) is 7.17. The average Bonchev–Trinajstić information content (AvgIpc) is 2.65. The van der Waals surface area contributed by atoms with Gasteiger partial charge in [-0.3, -0.25) is 0 Å². The second kappa shape index (κ2) is 5.57. The Morgan fingerprint density at radius 2 is 1.50 bits per heavy atom. The Hall–Kier alpha value is -3.56. The maximum atomic E-state index is 9.59. The third-order valence-corrected chi connectivity index (χ3v) is 4.32. The van der Waals surface area contributed by atoms with Crippen molar-refractivity contribution in [3.8, 4) is 6.07 Å². The maximum Gasteiger partial charge on any atom is 0.188 e. The average molecular weight is 307 g/mol. The second-order valence-electron chi connectivity index (χ2n) is 5.69. The molecule has 3 aromatic rings. The Bertz CT molecular complexity index is 976. The molecule has 0 aliphatic carbocycles. The summed E-state index contributed by atoms with van der Waals surface area (Å²) in [4.78, 5) is 5.56. The molecule has 0 fully saturated rings. The van der Waals surface area contributed by atoms with Crippen LogP contribution in [-0.2, 0) is 6.42 Å². The van der Waals surface area contributed by atoms with Gasteiger partial charge in [0.05, 0.1) is 23.9 Å². The molecular formula is C21H13N3. The normalized spacial score (nSPS) is 11.8. The number of para-hydroxylation sites is 2. The number of fused-ring (bicyclic) bond motifs is 2. The summed E-state index contributed by atoms with van der Waals surface area (Å²) in [6, 6.07) is 24.0. The number of hydrogen-bond acceptors (Lipinski definition) is 2. The van der Waals surface area contributed by atoms with Gasteiger partial charge in [-0.2, -0.15) is 5.26 Å². The van der Waals surface area contributed by atoms with Crippen LogP contribution in [0.4, 0.5) is 22.7 Å². The van der Waals surface area contributed by atoms with Gasteiger partial charge in [0, 0.05) is 17.8 Å². The number of hydrogen-bond donors (Lipinski definition) is 0. The van der Waals surface area contributed by atoms with Crippen LogP contribution in [0, 0.1) is 17.9 Å². The molecule has 0 atom stereocenters. The lowest BCUT2D eigenvalue weighted by Gasteiger charge is -2.34. The van der Waals surface area contributed by atoms with E-state index in [0.717, 1.165) is 23.5 Å². The van der Waals surface area contributed by atoms with E-state index in [1.54, 1.807) is 12.1 Å². The van der Waals surface area contributed by atoms with Crippen LogP contribution in [0.3, 0.4) is 0 Å². The Morgan fingerprint density at radius 3 is 2.08 bits per heavy atom. The first-order valence-electron chi connectivity index (χ1n) is 7.69. The van der Waals surface area contributed by atoms with Crippen LogP contribution in [0.15, 0.2) is 66.7 Å². The molecule has 0 radical (unpaired) electrons. The zero-order valence-corrected chi connectivity index (χ0v) is 12.9. The highest BCUT2D eigenvalue weighted by Crippen LogP contribution is 2.45. The third-order valence-electron chi connectivity index (χ3n) is 4.32. The predicted molar refractivity (Wildman–Crippen MR) is 94.9 cm³/mol. The van der Waals surface area contributed by atoms with Gasteiger partial charge in [-0.1, -0.05) is 42.5 Å². The molecule has 1 aliphatic heterocycles. The predicted octanol–water partition coefficient (Wildman–Crippen LogP) is 5.48. The number of nitrogens with zero attached hydrogens (tertiary/aromatic N) is 3. The van der Waals surface area contributed by atoms with Crippen molar-refractivity contribution in [1.29, 1.82) is 5.26 Å². The fourth-order valence-electron chi connectivity index (χ4n) is 3.23. The minimum absolute atomic E-state index is 0.480. The van der Waals surface area contributed by atoms with Crippen molar-refractivity contribution in [2.75, 3.05) is 4.90 Å². The zero-order valence-electron chi connectivity index (χ0n) is 12.9. The monoisotopic (exact) mass is 307 g/mol. The highest BCUT2D eigenvalue weighted by molar-refractivity contribution is 5.86. The van der Waals surface area contributed by atoms with Gasteiger partial charge >= 0.3 is 0 Å². The van der Waals surface area contributed by atoms with Crippen molar-refractivity contribution in [3.63, 3.8) is 0 Å². The van der Waals surface area contributed by atoms with E-state index in [2.05, 4.69) is 40.1 Å². The number of nitriles is 1. The summed E-state index contributed by atoms with van der Waals surface area (Å²) >= 11 is 0. The lowest BCUT2D eigenvalue weighted by atomic mass is 9.94. The van der Waals surface area contributed by atoms with Crippen LogP contribution >= 0.6 is 0 Å². The molecule has 3 aromatic carbocycles. The summed E-state index contributed by atoms with van der Waals surface area (Å²) in [6.07, 6.45) is 0.880. The molecule has 4 rings (SSSR count). The van der Waals surface area contributed by atoms with Crippen LogP contribution in [0.2, 0.25) is 0 Å². The van der Waals surface area contributed by atoms with Gasteiger partial charge in [-0.15, -0.1) is 0 Å². The van der Waals surface area contributed by atoms with Crippen molar-refractivity contribution in [2.45, 2.75) is 6.42 Å². The lowest BCUT2D eigenvalue weighted by molar-refractivity contribution is 1.09. The Balaban J connectivity index is 2.00. The second-order valence-corrected chi connectivity index (χ2v) is 5.69. The van der Waals surface area contributed by atoms with E-state index in [0.29, 0.717) is 11.3 Å². The van der Waals surface area contributed by atoms with Crippen LogP contribution in [0.1, 0.15) is 16.7 Å². The molecule has 0 aromatic heterocycles. The molecule has 3 nitrogen and oxygen atoms in total. The number of rotatable bonds is 1. The Labute approximate surface area is 140 Å². The Kier molecular flexibility index (Phi) is 3.26. The fraction of sp³-hybridized carbons (Fsp3) is 0.0476. The van der Waals surface area contributed by atoms with E-state index in [9.17, 15) is 5.26 Å². The number of anilines is 3. The van der Waals surface area contributed by atoms with Crippen molar-refractivity contribution < 1.29 is 0 Å². The molecule has 0 N–H and O–H groups in total. The minimum atomic E-state index is 0.480. The topological polar surface area (TPSA) is 31.4 Å². The van der Waals surface area contributed by atoms with Crippen molar-refractivity contribution in [1.82, 2.24) is 0 Å². The van der Waals surface area contributed by atoms with Gasteiger partial charge in [0.1, 0.15) is 0 Å². The van der Waals surface area contributed by atoms with E-state index in [-0.39, 0.29) is 0 Å². The van der Waals surface area contributed by atoms with Gasteiger partial charge in [0.15, 0.2) is 5.69 Å². The summed E-state index contributed by atoms with van der Waals surface area (Å²) in [5.41, 5.74) is 6.43. The van der Waals surface area contributed by atoms with E-state index in [1.807, 2.05) is 30.3 Å². The minimum Gasteiger partial charge on any atom is -0.309 e. The first kappa shape index (κ1) is 14.1. The van der Waals surface area contributed by atoms with Crippen molar-refractivity contribution in [2.24, 2.45) is 0 Å². The molecule has 0 amide bonds. The summed E-state index contributed by atoms with van der Waals surface area (Å²) in [5, 5.41) is 9.59. The van der Waals surface area contributed by atoms with Gasteiger partial charge in [0.25, 0.3) is 0 Å². The quantitative estimate of drug-likeness (QED) is 0.436. The molecule has 24 heavy (non-hydrogen) atoms. The molecule has 0 unspecified atom stereocenters. The summed E-state index contributed by atoms with van der Waals surface area (Å²) in [5.74, 6) is 0. The van der Waals surface area contributed by atoms with Crippen LogP contribution in [0.5, 0.6) is 0 Å². The molecule has 0 saturated carbocycles. The smallest absolute Gasteiger partial charge is 0.188 e. The molecular weight excluding hydrogens is 294 g/mol.